The molecule has 0 bridgehead atoms. The topological polar surface area (TPSA) is 72.2 Å². The van der Waals surface area contributed by atoms with Crippen molar-refractivity contribution in [1.82, 2.24) is 4.72 Å². The summed E-state index contributed by atoms with van der Waals surface area (Å²) in [5.74, 6) is 0. The first-order valence-electron chi connectivity index (χ1n) is 6.58. The Morgan fingerprint density at radius 1 is 1.39 bits per heavy atom. The number of rotatable bonds is 6. The predicted octanol–water partition coefficient (Wildman–Crippen LogP) is 1.94. The van der Waals surface area contributed by atoms with Crippen molar-refractivity contribution in [2.45, 2.75) is 57.6 Å². The Morgan fingerprint density at radius 3 is 2.39 bits per heavy atom. The summed E-state index contributed by atoms with van der Waals surface area (Å²) in [5, 5.41) is -0.750. The molecule has 18 heavy (non-hydrogen) atoms. The molecular formula is C12H24N2O2S2. The van der Waals surface area contributed by atoms with Gasteiger partial charge in [0.2, 0.25) is 10.0 Å². The minimum absolute atomic E-state index is 0.0544. The molecule has 0 aromatic rings. The van der Waals surface area contributed by atoms with Gasteiger partial charge in [0.15, 0.2) is 0 Å². The molecule has 0 aliphatic heterocycles. The van der Waals surface area contributed by atoms with E-state index in [9.17, 15) is 8.42 Å². The number of sulfonamides is 1. The van der Waals surface area contributed by atoms with Gasteiger partial charge in [-0.3, -0.25) is 0 Å². The molecule has 0 heterocycles. The monoisotopic (exact) mass is 292 g/mol. The van der Waals surface area contributed by atoms with Gasteiger partial charge in [-0.1, -0.05) is 45.3 Å². The van der Waals surface area contributed by atoms with Gasteiger partial charge in [0, 0.05) is 6.54 Å². The summed E-state index contributed by atoms with van der Waals surface area (Å²) in [7, 11) is -3.43. The third kappa shape index (κ3) is 4.17. The second-order valence-corrected chi connectivity index (χ2v) is 7.96. The fraction of sp³-hybridized carbons (Fsp3) is 0.917. The Kier molecular flexibility index (Phi) is 5.55. The molecule has 4 nitrogen and oxygen atoms in total. The molecule has 6 heteroatoms. The summed E-state index contributed by atoms with van der Waals surface area (Å²) in [6.45, 7) is 4.43. The second kappa shape index (κ2) is 6.30. The molecule has 1 atom stereocenters. The van der Waals surface area contributed by atoms with Gasteiger partial charge in [-0.25, -0.2) is 13.1 Å². The zero-order valence-corrected chi connectivity index (χ0v) is 12.9. The smallest absolute Gasteiger partial charge is 0.221 e. The lowest BCUT2D eigenvalue weighted by Gasteiger charge is -2.34. The fourth-order valence-electron chi connectivity index (χ4n) is 2.53. The van der Waals surface area contributed by atoms with E-state index in [1.807, 2.05) is 0 Å². The largest absolute Gasteiger partial charge is 0.392 e. The van der Waals surface area contributed by atoms with Gasteiger partial charge in [-0.2, -0.15) is 0 Å². The van der Waals surface area contributed by atoms with Gasteiger partial charge in [0.05, 0.1) is 4.99 Å². The lowest BCUT2D eigenvalue weighted by molar-refractivity contribution is 0.219. The minimum Gasteiger partial charge on any atom is -0.392 e. The van der Waals surface area contributed by atoms with Crippen LogP contribution >= 0.6 is 12.2 Å². The van der Waals surface area contributed by atoms with Crippen molar-refractivity contribution in [3.63, 3.8) is 0 Å². The third-order valence-electron chi connectivity index (χ3n) is 3.82. The standard InChI is InChI=1S/C12H24N2O2S2/c1-3-10(11(13)17)18(15,16)14-9-12(2)7-5-4-6-8-12/h10,14H,3-9H2,1-2H3,(H2,13,17). The fourth-order valence-corrected chi connectivity index (χ4v) is 4.57. The van der Waals surface area contributed by atoms with Crippen LogP contribution in [-0.4, -0.2) is 25.2 Å². The Morgan fingerprint density at radius 2 is 1.94 bits per heavy atom. The highest BCUT2D eigenvalue weighted by molar-refractivity contribution is 7.93. The number of nitrogens with one attached hydrogen (secondary N) is 1. The molecule has 0 radical (unpaired) electrons. The second-order valence-electron chi connectivity index (χ2n) is 5.54. The van der Waals surface area contributed by atoms with E-state index >= 15 is 0 Å². The number of thiocarbonyl (C=S) groups is 1. The summed E-state index contributed by atoms with van der Waals surface area (Å²) in [4.78, 5) is 0.0544. The van der Waals surface area contributed by atoms with E-state index in [1.54, 1.807) is 6.92 Å². The first kappa shape index (κ1) is 15.9. The predicted molar refractivity (Wildman–Crippen MR) is 79.0 cm³/mol. The van der Waals surface area contributed by atoms with Crippen molar-refractivity contribution in [3.8, 4) is 0 Å². The highest BCUT2D eigenvalue weighted by atomic mass is 32.2. The van der Waals surface area contributed by atoms with Crippen LogP contribution in [0.3, 0.4) is 0 Å². The summed E-state index contributed by atoms with van der Waals surface area (Å²) in [6, 6.07) is 0. The molecule has 0 spiro atoms. The maximum atomic E-state index is 12.1. The zero-order chi connectivity index (χ0) is 13.8. The Balaban J connectivity index is 2.63. The maximum absolute atomic E-state index is 12.1. The highest BCUT2D eigenvalue weighted by Crippen LogP contribution is 2.35. The molecule has 3 N–H and O–H groups in total. The van der Waals surface area contributed by atoms with Crippen molar-refractivity contribution < 1.29 is 8.42 Å². The van der Waals surface area contributed by atoms with Gasteiger partial charge in [0.25, 0.3) is 0 Å². The van der Waals surface area contributed by atoms with Crippen molar-refractivity contribution in [3.05, 3.63) is 0 Å². The van der Waals surface area contributed by atoms with Crippen LogP contribution in [0.2, 0.25) is 0 Å². The molecule has 1 fully saturated rings. The van der Waals surface area contributed by atoms with Crippen molar-refractivity contribution >= 4 is 27.2 Å². The van der Waals surface area contributed by atoms with Crippen LogP contribution in [0.5, 0.6) is 0 Å². The molecule has 0 aromatic carbocycles. The maximum Gasteiger partial charge on any atom is 0.221 e. The molecule has 1 unspecified atom stereocenters. The van der Waals surface area contributed by atoms with E-state index in [1.165, 1.54) is 19.3 Å². The van der Waals surface area contributed by atoms with Gasteiger partial charge in [0.1, 0.15) is 5.25 Å². The Labute approximate surface area is 116 Å². The number of nitrogens with two attached hydrogens (primary N) is 1. The van der Waals surface area contributed by atoms with Gasteiger partial charge in [-0.05, 0) is 24.7 Å². The van der Waals surface area contributed by atoms with Crippen LogP contribution in [0.15, 0.2) is 0 Å². The van der Waals surface area contributed by atoms with Gasteiger partial charge >= 0.3 is 0 Å². The summed E-state index contributed by atoms with van der Waals surface area (Å²) >= 11 is 4.82. The van der Waals surface area contributed by atoms with E-state index in [0.717, 1.165) is 12.8 Å². The van der Waals surface area contributed by atoms with Crippen molar-refractivity contribution in [1.29, 1.82) is 0 Å². The van der Waals surface area contributed by atoms with Gasteiger partial charge in [-0.15, -0.1) is 0 Å². The first-order valence-corrected chi connectivity index (χ1v) is 8.54. The number of hydrogen-bond acceptors (Lipinski definition) is 3. The molecule has 0 saturated heterocycles. The van der Waals surface area contributed by atoms with E-state index in [-0.39, 0.29) is 10.4 Å². The summed E-state index contributed by atoms with van der Waals surface area (Å²) in [6.07, 6.45) is 6.21. The Hall–Kier alpha value is -0.200. The first-order chi connectivity index (χ1) is 8.31. The molecule has 1 rings (SSSR count). The van der Waals surface area contributed by atoms with Crippen LogP contribution in [0.1, 0.15) is 52.4 Å². The molecule has 1 aliphatic carbocycles. The lowest BCUT2D eigenvalue weighted by Crippen LogP contribution is -2.45. The average Bonchev–Trinajstić information content (AvgIpc) is 2.28. The number of hydrogen-bond donors (Lipinski definition) is 2. The molecule has 1 saturated carbocycles. The molecule has 0 amide bonds. The molecule has 0 aromatic heterocycles. The Bertz CT molecular complexity index is 387. The minimum atomic E-state index is -3.43. The van der Waals surface area contributed by atoms with Crippen molar-refractivity contribution in [2.75, 3.05) is 6.54 Å². The highest BCUT2D eigenvalue weighted by Gasteiger charge is 2.31. The van der Waals surface area contributed by atoms with E-state index in [0.29, 0.717) is 13.0 Å². The molecule has 1 aliphatic rings. The van der Waals surface area contributed by atoms with Crippen LogP contribution in [0.25, 0.3) is 0 Å². The van der Waals surface area contributed by atoms with Gasteiger partial charge < -0.3 is 5.73 Å². The molecule has 106 valence electrons. The molecular weight excluding hydrogens is 268 g/mol. The average molecular weight is 292 g/mol. The quantitative estimate of drug-likeness (QED) is 0.734. The van der Waals surface area contributed by atoms with Crippen LogP contribution in [0, 0.1) is 5.41 Å². The lowest BCUT2D eigenvalue weighted by atomic mass is 9.76. The normalized spacial score (nSPS) is 21.4. The SMILES string of the molecule is CCC(C(N)=S)S(=O)(=O)NCC1(C)CCCCC1. The van der Waals surface area contributed by atoms with Crippen LogP contribution < -0.4 is 10.5 Å². The van der Waals surface area contributed by atoms with Crippen LogP contribution in [0.4, 0.5) is 0 Å². The summed E-state index contributed by atoms with van der Waals surface area (Å²) < 4.78 is 26.9. The van der Waals surface area contributed by atoms with E-state index < -0.39 is 15.3 Å². The summed E-state index contributed by atoms with van der Waals surface area (Å²) in [5.41, 5.74) is 5.57. The van der Waals surface area contributed by atoms with Crippen molar-refractivity contribution in [2.24, 2.45) is 11.1 Å². The van der Waals surface area contributed by atoms with E-state index in [4.69, 9.17) is 18.0 Å². The van der Waals surface area contributed by atoms with E-state index in [2.05, 4.69) is 11.6 Å². The zero-order valence-electron chi connectivity index (χ0n) is 11.2. The third-order valence-corrected chi connectivity index (χ3v) is 6.14. The van der Waals surface area contributed by atoms with Crippen LogP contribution in [-0.2, 0) is 10.0 Å².